The van der Waals surface area contributed by atoms with Gasteiger partial charge in [-0.1, -0.05) is 0 Å². The normalized spacial score (nSPS) is 24.7. The van der Waals surface area contributed by atoms with Crippen molar-refractivity contribution >= 4 is 5.97 Å². The van der Waals surface area contributed by atoms with Gasteiger partial charge in [0.25, 0.3) is 0 Å². The first-order valence-electron chi connectivity index (χ1n) is 4.72. The SMILES string of the molecule is CC(C)(C)OC(=O)C1CN(N)CCO1. The fourth-order valence-electron chi connectivity index (χ4n) is 1.18. The zero-order valence-corrected chi connectivity index (χ0v) is 8.95. The van der Waals surface area contributed by atoms with Crippen molar-refractivity contribution in [1.82, 2.24) is 5.01 Å². The standard InChI is InChI=1S/C9H18N2O3/c1-9(2,3)14-8(12)7-6-11(10)4-5-13-7/h7H,4-6,10H2,1-3H3. The van der Waals surface area contributed by atoms with Gasteiger partial charge < -0.3 is 9.47 Å². The molecule has 1 saturated heterocycles. The Morgan fingerprint density at radius 3 is 2.71 bits per heavy atom. The van der Waals surface area contributed by atoms with Gasteiger partial charge in [0.15, 0.2) is 6.10 Å². The van der Waals surface area contributed by atoms with Gasteiger partial charge in [-0.3, -0.25) is 5.84 Å². The second-order valence-electron chi connectivity index (χ2n) is 4.39. The van der Waals surface area contributed by atoms with Crippen molar-refractivity contribution in [2.24, 2.45) is 5.84 Å². The van der Waals surface area contributed by atoms with Crippen molar-refractivity contribution in [1.29, 1.82) is 0 Å². The van der Waals surface area contributed by atoms with Gasteiger partial charge in [0.1, 0.15) is 5.60 Å². The molecular weight excluding hydrogens is 184 g/mol. The van der Waals surface area contributed by atoms with Gasteiger partial charge in [-0.25, -0.2) is 9.80 Å². The number of carbonyl (C=O) groups excluding carboxylic acids is 1. The van der Waals surface area contributed by atoms with E-state index in [0.717, 1.165) is 0 Å². The number of nitrogens with zero attached hydrogens (tertiary/aromatic N) is 1. The van der Waals surface area contributed by atoms with E-state index < -0.39 is 11.7 Å². The lowest BCUT2D eigenvalue weighted by Crippen LogP contribution is -2.50. The number of hydrogen-bond acceptors (Lipinski definition) is 5. The lowest BCUT2D eigenvalue weighted by atomic mass is 10.2. The highest BCUT2D eigenvalue weighted by molar-refractivity contribution is 5.75. The number of rotatable bonds is 1. The minimum absolute atomic E-state index is 0.340. The number of hydrazine groups is 1. The van der Waals surface area contributed by atoms with Crippen LogP contribution in [0, 0.1) is 0 Å². The molecule has 0 spiro atoms. The van der Waals surface area contributed by atoms with Crippen molar-refractivity contribution < 1.29 is 14.3 Å². The van der Waals surface area contributed by atoms with Gasteiger partial charge in [-0.05, 0) is 20.8 Å². The molecule has 1 aliphatic rings. The average molecular weight is 202 g/mol. The second kappa shape index (κ2) is 4.25. The number of ether oxygens (including phenoxy) is 2. The second-order valence-corrected chi connectivity index (χ2v) is 4.39. The zero-order chi connectivity index (χ0) is 10.8. The van der Waals surface area contributed by atoms with Crippen LogP contribution in [0.25, 0.3) is 0 Å². The first-order chi connectivity index (χ1) is 6.38. The van der Waals surface area contributed by atoms with E-state index in [-0.39, 0.29) is 5.97 Å². The van der Waals surface area contributed by atoms with Gasteiger partial charge >= 0.3 is 5.97 Å². The highest BCUT2D eigenvalue weighted by Gasteiger charge is 2.29. The molecule has 1 rings (SSSR count). The molecule has 0 aliphatic carbocycles. The van der Waals surface area contributed by atoms with E-state index in [4.69, 9.17) is 15.3 Å². The van der Waals surface area contributed by atoms with Crippen LogP contribution in [-0.4, -0.2) is 42.4 Å². The average Bonchev–Trinajstić information content (AvgIpc) is 2.01. The molecule has 0 amide bonds. The number of nitrogens with two attached hydrogens (primary N) is 1. The van der Waals surface area contributed by atoms with Crippen molar-refractivity contribution in [3.05, 3.63) is 0 Å². The molecule has 2 N–H and O–H groups in total. The van der Waals surface area contributed by atoms with Crippen LogP contribution in [0.1, 0.15) is 20.8 Å². The van der Waals surface area contributed by atoms with Crippen molar-refractivity contribution in [2.75, 3.05) is 19.7 Å². The molecule has 1 heterocycles. The molecule has 82 valence electrons. The van der Waals surface area contributed by atoms with Crippen LogP contribution in [0.2, 0.25) is 0 Å². The summed E-state index contributed by atoms with van der Waals surface area (Å²) in [7, 11) is 0. The fraction of sp³-hybridized carbons (Fsp3) is 0.889. The summed E-state index contributed by atoms with van der Waals surface area (Å²) in [5, 5.41) is 1.57. The van der Waals surface area contributed by atoms with E-state index in [9.17, 15) is 4.79 Å². The third-order valence-corrected chi connectivity index (χ3v) is 1.77. The van der Waals surface area contributed by atoms with Gasteiger partial charge in [0.2, 0.25) is 0 Å². The smallest absolute Gasteiger partial charge is 0.337 e. The van der Waals surface area contributed by atoms with E-state index in [2.05, 4.69) is 0 Å². The largest absolute Gasteiger partial charge is 0.458 e. The van der Waals surface area contributed by atoms with Crippen LogP contribution in [0.4, 0.5) is 0 Å². The summed E-state index contributed by atoms with van der Waals surface area (Å²) in [4.78, 5) is 11.5. The minimum Gasteiger partial charge on any atom is -0.458 e. The third kappa shape index (κ3) is 3.61. The summed E-state index contributed by atoms with van der Waals surface area (Å²) >= 11 is 0. The molecule has 0 bridgehead atoms. The lowest BCUT2D eigenvalue weighted by Gasteiger charge is -2.30. The Labute approximate surface area is 84.1 Å². The van der Waals surface area contributed by atoms with Crippen LogP contribution < -0.4 is 5.84 Å². The zero-order valence-electron chi connectivity index (χ0n) is 8.95. The summed E-state index contributed by atoms with van der Waals surface area (Å²) < 4.78 is 10.4. The molecule has 5 nitrogen and oxygen atoms in total. The van der Waals surface area contributed by atoms with Crippen molar-refractivity contribution in [3.63, 3.8) is 0 Å². The summed E-state index contributed by atoms with van der Waals surface area (Å²) in [6.07, 6.45) is -0.548. The highest BCUT2D eigenvalue weighted by atomic mass is 16.6. The Balaban J connectivity index is 2.44. The fourth-order valence-corrected chi connectivity index (χ4v) is 1.18. The Morgan fingerprint density at radius 1 is 1.57 bits per heavy atom. The van der Waals surface area contributed by atoms with E-state index in [1.807, 2.05) is 20.8 Å². The molecule has 0 saturated carbocycles. The maximum absolute atomic E-state index is 11.5. The summed E-state index contributed by atoms with van der Waals surface area (Å²) in [6.45, 7) is 7.00. The lowest BCUT2D eigenvalue weighted by molar-refractivity contribution is -0.174. The molecule has 1 atom stereocenters. The first-order valence-corrected chi connectivity index (χ1v) is 4.72. The minimum atomic E-state index is -0.548. The molecule has 1 unspecified atom stereocenters. The predicted octanol–water partition coefficient (Wildman–Crippen LogP) is -0.0974. The Kier molecular flexibility index (Phi) is 3.47. The Hall–Kier alpha value is -0.650. The van der Waals surface area contributed by atoms with E-state index in [1.54, 1.807) is 5.01 Å². The highest BCUT2D eigenvalue weighted by Crippen LogP contribution is 2.11. The van der Waals surface area contributed by atoms with Gasteiger partial charge in [0, 0.05) is 6.54 Å². The third-order valence-electron chi connectivity index (χ3n) is 1.77. The van der Waals surface area contributed by atoms with Crippen molar-refractivity contribution in [2.45, 2.75) is 32.5 Å². The maximum atomic E-state index is 11.5. The number of hydrogen-bond donors (Lipinski definition) is 1. The Bertz CT molecular complexity index is 213. The quantitative estimate of drug-likeness (QED) is 0.475. The van der Waals surface area contributed by atoms with Crippen LogP contribution in [-0.2, 0) is 14.3 Å². The molecule has 1 aliphatic heterocycles. The molecule has 14 heavy (non-hydrogen) atoms. The predicted molar refractivity (Wildman–Crippen MR) is 51.3 cm³/mol. The maximum Gasteiger partial charge on any atom is 0.337 e. The van der Waals surface area contributed by atoms with Gasteiger partial charge in [-0.15, -0.1) is 0 Å². The van der Waals surface area contributed by atoms with E-state index in [0.29, 0.717) is 19.7 Å². The molecular formula is C9H18N2O3. The molecule has 1 fully saturated rings. The van der Waals surface area contributed by atoms with E-state index in [1.165, 1.54) is 0 Å². The van der Waals surface area contributed by atoms with Gasteiger partial charge in [0.05, 0.1) is 13.2 Å². The molecule has 0 radical (unpaired) electrons. The Morgan fingerprint density at radius 2 is 2.21 bits per heavy atom. The number of esters is 1. The van der Waals surface area contributed by atoms with Crippen LogP contribution in [0.3, 0.4) is 0 Å². The topological polar surface area (TPSA) is 64.8 Å². The first kappa shape index (κ1) is 11.4. The molecule has 0 aromatic heterocycles. The monoisotopic (exact) mass is 202 g/mol. The summed E-state index contributed by atoms with van der Waals surface area (Å²) in [5.74, 6) is 5.23. The van der Waals surface area contributed by atoms with Crippen LogP contribution in [0.5, 0.6) is 0 Å². The summed E-state index contributed by atoms with van der Waals surface area (Å²) in [5.41, 5.74) is -0.475. The summed E-state index contributed by atoms with van der Waals surface area (Å²) in [6, 6.07) is 0. The van der Waals surface area contributed by atoms with Gasteiger partial charge in [-0.2, -0.15) is 0 Å². The van der Waals surface area contributed by atoms with E-state index >= 15 is 0 Å². The van der Waals surface area contributed by atoms with Crippen LogP contribution in [0.15, 0.2) is 0 Å². The van der Waals surface area contributed by atoms with Crippen molar-refractivity contribution in [3.8, 4) is 0 Å². The molecule has 5 heteroatoms. The molecule has 0 aromatic carbocycles. The molecule has 0 aromatic rings. The number of morpholine rings is 1. The number of carbonyl (C=O) groups is 1. The van der Waals surface area contributed by atoms with Crippen LogP contribution >= 0.6 is 0 Å².